The molecule has 0 aromatic heterocycles. The van der Waals surface area contributed by atoms with Crippen molar-refractivity contribution in [1.29, 1.82) is 0 Å². The number of fused-ring (bicyclic) bond motifs is 1. The molecule has 1 atom stereocenters. The third-order valence-corrected chi connectivity index (χ3v) is 3.40. The van der Waals surface area contributed by atoms with E-state index in [4.69, 9.17) is 5.11 Å². The van der Waals surface area contributed by atoms with Gasteiger partial charge in [0.05, 0.1) is 0 Å². The second-order valence-corrected chi connectivity index (χ2v) is 4.57. The van der Waals surface area contributed by atoms with Gasteiger partial charge in [-0.05, 0) is 42.9 Å². The normalized spacial score (nSPS) is 14.9. The van der Waals surface area contributed by atoms with Crippen molar-refractivity contribution in [2.75, 3.05) is 0 Å². The minimum absolute atomic E-state index is 0.275. The van der Waals surface area contributed by atoms with E-state index in [1.807, 2.05) is 12.1 Å². The Labute approximate surface area is 106 Å². The SMILES string of the molecule is CC[C@@H](NC(=O)c1cccc2c1CCC2)C(=O)O. The minimum Gasteiger partial charge on any atom is -0.480 e. The molecule has 1 aromatic rings. The van der Waals surface area contributed by atoms with Gasteiger partial charge in [-0.3, -0.25) is 4.79 Å². The fourth-order valence-electron chi connectivity index (χ4n) is 2.41. The number of rotatable bonds is 4. The summed E-state index contributed by atoms with van der Waals surface area (Å²) < 4.78 is 0. The Morgan fingerprint density at radius 1 is 1.39 bits per heavy atom. The maximum atomic E-state index is 12.1. The molecular formula is C14H17NO3. The minimum atomic E-state index is -0.988. The molecule has 4 heteroatoms. The van der Waals surface area contributed by atoms with Gasteiger partial charge in [0.25, 0.3) is 5.91 Å². The molecule has 0 fully saturated rings. The maximum Gasteiger partial charge on any atom is 0.326 e. The molecule has 1 amide bonds. The van der Waals surface area contributed by atoms with Crippen LogP contribution >= 0.6 is 0 Å². The quantitative estimate of drug-likeness (QED) is 0.852. The highest BCUT2D eigenvalue weighted by Crippen LogP contribution is 2.25. The molecular weight excluding hydrogens is 230 g/mol. The van der Waals surface area contributed by atoms with Gasteiger partial charge in [0.15, 0.2) is 0 Å². The number of hydrogen-bond donors (Lipinski definition) is 2. The Balaban J connectivity index is 2.19. The van der Waals surface area contributed by atoms with Crippen molar-refractivity contribution in [3.8, 4) is 0 Å². The zero-order valence-corrected chi connectivity index (χ0v) is 10.4. The molecule has 1 aliphatic rings. The van der Waals surface area contributed by atoms with Crippen molar-refractivity contribution in [3.05, 3.63) is 34.9 Å². The second kappa shape index (κ2) is 5.21. The van der Waals surface area contributed by atoms with Crippen LogP contribution in [0.3, 0.4) is 0 Å². The lowest BCUT2D eigenvalue weighted by molar-refractivity contribution is -0.139. The smallest absolute Gasteiger partial charge is 0.326 e. The van der Waals surface area contributed by atoms with Crippen LogP contribution in [0.15, 0.2) is 18.2 Å². The molecule has 0 aliphatic heterocycles. The average Bonchev–Trinajstić information content (AvgIpc) is 2.82. The third kappa shape index (κ3) is 2.37. The number of aliphatic carboxylic acids is 1. The lowest BCUT2D eigenvalue weighted by Gasteiger charge is -2.14. The van der Waals surface area contributed by atoms with Gasteiger partial charge < -0.3 is 10.4 Å². The molecule has 96 valence electrons. The van der Waals surface area contributed by atoms with Gasteiger partial charge in [0.2, 0.25) is 0 Å². The standard InChI is InChI=1S/C14H17NO3/c1-2-12(14(17)18)15-13(16)11-8-4-6-9-5-3-7-10(9)11/h4,6,8,12H,2-3,5,7H2,1H3,(H,15,16)(H,17,18)/t12-/m1/s1. The van der Waals surface area contributed by atoms with E-state index in [9.17, 15) is 9.59 Å². The third-order valence-electron chi connectivity index (χ3n) is 3.40. The topological polar surface area (TPSA) is 66.4 Å². The molecule has 1 aliphatic carbocycles. The summed E-state index contributed by atoms with van der Waals surface area (Å²) in [6.45, 7) is 1.74. The molecule has 2 rings (SSSR count). The summed E-state index contributed by atoms with van der Waals surface area (Å²) >= 11 is 0. The highest BCUT2D eigenvalue weighted by Gasteiger charge is 2.22. The molecule has 0 heterocycles. The van der Waals surface area contributed by atoms with Crippen molar-refractivity contribution >= 4 is 11.9 Å². The van der Waals surface area contributed by atoms with E-state index in [1.54, 1.807) is 13.0 Å². The van der Waals surface area contributed by atoms with Crippen molar-refractivity contribution in [2.24, 2.45) is 0 Å². The monoisotopic (exact) mass is 247 g/mol. The van der Waals surface area contributed by atoms with Crippen LogP contribution in [0.2, 0.25) is 0 Å². The first kappa shape index (κ1) is 12.6. The summed E-state index contributed by atoms with van der Waals surface area (Å²) in [6.07, 6.45) is 3.36. The maximum absolute atomic E-state index is 12.1. The van der Waals surface area contributed by atoms with Crippen LogP contribution in [0.5, 0.6) is 0 Å². The number of nitrogens with one attached hydrogen (secondary N) is 1. The van der Waals surface area contributed by atoms with E-state index in [1.165, 1.54) is 5.56 Å². The summed E-state index contributed by atoms with van der Waals surface area (Å²) in [5.41, 5.74) is 2.92. The van der Waals surface area contributed by atoms with Crippen molar-refractivity contribution in [3.63, 3.8) is 0 Å². The van der Waals surface area contributed by atoms with Crippen LogP contribution in [0.1, 0.15) is 41.3 Å². The molecule has 0 radical (unpaired) electrons. The molecule has 0 saturated carbocycles. The zero-order valence-electron chi connectivity index (χ0n) is 10.4. The molecule has 2 N–H and O–H groups in total. The Morgan fingerprint density at radius 3 is 2.83 bits per heavy atom. The van der Waals surface area contributed by atoms with Crippen LogP contribution in [0.25, 0.3) is 0 Å². The molecule has 0 unspecified atom stereocenters. The van der Waals surface area contributed by atoms with Gasteiger partial charge in [0.1, 0.15) is 6.04 Å². The molecule has 18 heavy (non-hydrogen) atoms. The summed E-state index contributed by atoms with van der Waals surface area (Å²) in [7, 11) is 0. The Bertz CT molecular complexity index is 482. The molecule has 1 aromatic carbocycles. The number of benzene rings is 1. The van der Waals surface area contributed by atoms with Gasteiger partial charge in [0, 0.05) is 5.56 Å². The van der Waals surface area contributed by atoms with E-state index < -0.39 is 12.0 Å². The first-order valence-electron chi connectivity index (χ1n) is 6.28. The number of carbonyl (C=O) groups excluding carboxylic acids is 1. The van der Waals surface area contributed by atoms with E-state index in [0.717, 1.165) is 24.8 Å². The summed E-state index contributed by atoms with van der Waals surface area (Å²) in [6, 6.07) is 4.86. The number of aryl methyl sites for hydroxylation is 1. The van der Waals surface area contributed by atoms with E-state index >= 15 is 0 Å². The van der Waals surface area contributed by atoms with Crippen LogP contribution < -0.4 is 5.32 Å². The van der Waals surface area contributed by atoms with Gasteiger partial charge in [-0.15, -0.1) is 0 Å². The highest BCUT2D eigenvalue weighted by atomic mass is 16.4. The first-order valence-corrected chi connectivity index (χ1v) is 6.28. The summed E-state index contributed by atoms with van der Waals surface area (Å²) in [4.78, 5) is 23.0. The van der Waals surface area contributed by atoms with E-state index in [2.05, 4.69) is 5.32 Å². The first-order chi connectivity index (χ1) is 8.63. The van der Waals surface area contributed by atoms with Gasteiger partial charge in [-0.1, -0.05) is 19.1 Å². The Kier molecular flexibility index (Phi) is 3.65. The van der Waals surface area contributed by atoms with Crippen molar-refractivity contribution in [1.82, 2.24) is 5.32 Å². The van der Waals surface area contributed by atoms with E-state index in [0.29, 0.717) is 12.0 Å². The van der Waals surface area contributed by atoms with Gasteiger partial charge in [-0.2, -0.15) is 0 Å². The molecule has 0 saturated heterocycles. The zero-order chi connectivity index (χ0) is 13.1. The molecule has 0 bridgehead atoms. The fraction of sp³-hybridized carbons (Fsp3) is 0.429. The van der Waals surface area contributed by atoms with Crippen LogP contribution in [-0.2, 0) is 17.6 Å². The van der Waals surface area contributed by atoms with E-state index in [-0.39, 0.29) is 5.91 Å². The molecule has 0 spiro atoms. The number of amides is 1. The summed E-state index contributed by atoms with van der Waals surface area (Å²) in [5, 5.41) is 11.5. The lowest BCUT2D eigenvalue weighted by atomic mass is 10.0. The highest BCUT2D eigenvalue weighted by molar-refractivity contribution is 5.98. The van der Waals surface area contributed by atoms with Crippen LogP contribution in [0, 0.1) is 0 Å². The predicted molar refractivity (Wildman–Crippen MR) is 67.6 cm³/mol. The largest absolute Gasteiger partial charge is 0.480 e. The van der Waals surface area contributed by atoms with Gasteiger partial charge in [-0.25, -0.2) is 4.79 Å². The van der Waals surface area contributed by atoms with Crippen LogP contribution in [-0.4, -0.2) is 23.0 Å². The van der Waals surface area contributed by atoms with Crippen molar-refractivity contribution < 1.29 is 14.7 Å². The fourth-order valence-corrected chi connectivity index (χ4v) is 2.41. The molecule has 4 nitrogen and oxygen atoms in total. The second-order valence-electron chi connectivity index (χ2n) is 4.57. The summed E-state index contributed by atoms with van der Waals surface area (Å²) in [5.74, 6) is -1.26. The number of carbonyl (C=O) groups is 2. The van der Waals surface area contributed by atoms with Gasteiger partial charge >= 0.3 is 5.97 Å². The number of hydrogen-bond acceptors (Lipinski definition) is 2. The predicted octanol–water partition coefficient (Wildman–Crippen LogP) is 1.77. The van der Waals surface area contributed by atoms with Crippen molar-refractivity contribution in [2.45, 2.75) is 38.6 Å². The Morgan fingerprint density at radius 2 is 2.17 bits per heavy atom. The number of carboxylic acids is 1. The Hall–Kier alpha value is -1.84. The number of carboxylic acid groups (broad SMARTS) is 1. The van der Waals surface area contributed by atoms with Crippen LogP contribution in [0.4, 0.5) is 0 Å². The lowest BCUT2D eigenvalue weighted by Crippen LogP contribution is -2.40. The average molecular weight is 247 g/mol.